The van der Waals surface area contributed by atoms with Gasteiger partial charge in [-0.3, -0.25) is 9.59 Å². The molecule has 3 rings (SSSR count). The summed E-state index contributed by atoms with van der Waals surface area (Å²) < 4.78 is 11.2. The molecule has 112 valence electrons. The van der Waals surface area contributed by atoms with Gasteiger partial charge in [0.2, 0.25) is 6.10 Å². The predicted octanol–water partition coefficient (Wildman–Crippen LogP) is 1.15. The van der Waals surface area contributed by atoms with E-state index >= 15 is 0 Å². The fourth-order valence-electron chi connectivity index (χ4n) is 2.72. The van der Waals surface area contributed by atoms with E-state index in [1.165, 1.54) is 0 Å². The first-order chi connectivity index (χ1) is 10.1. The minimum Gasteiger partial charge on any atom is -0.485 e. The van der Waals surface area contributed by atoms with Gasteiger partial charge in [0.05, 0.1) is 5.92 Å². The first-order valence-electron chi connectivity index (χ1n) is 7.05. The van der Waals surface area contributed by atoms with Crippen LogP contribution >= 0.6 is 0 Å². The molecule has 1 fully saturated rings. The normalized spacial score (nSPS) is 24.5. The highest BCUT2D eigenvalue weighted by Gasteiger charge is 2.35. The summed E-state index contributed by atoms with van der Waals surface area (Å²) in [5.41, 5.74) is 0. The number of para-hydroxylation sites is 2. The topological polar surface area (TPSA) is 76.1 Å². The van der Waals surface area contributed by atoms with E-state index in [9.17, 15) is 9.59 Å². The number of carbonyl (C=O) groups is 2. The van der Waals surface area contributed by atoms with Crippen LogP contribution in [0.2, 0.25) is 0 Å². The van der Waals surface area contributed by atoms with E-state index in [4.69, 9.17) is 14.6 Å². The maximum absolute atomic E-state index is 12.5. The molecule has 1 aromatic carbocycles. The summed E-state index contributed by atoms with van der Waals surface area (Å²) in [5, 5.41) is 9.08. The molecule has 2 aliphatic rings. The van der Waals surface area contributed by atoms with Gasteiger partial charge in [0, 0.05) is 13.1 Å². The molecule has 0 spiro atoms. The second-order valence-electron chi connectivity index (χ2n) is 5.33. The van der Waals surface area contributed by atoms with Gasteiger partial charge in [-0.05, 0) is 25.0 Å². The number of hydrogen-bond acceptors (Lipinski definition) is 4. The molecule has 2 heterocycles. The molecule has 0 unspecified atom stereocenters. The van der Waals surface area contributed by atoms with E-state index in [1.54, 1.807) is 17.0 Å². The number of piperidine rings is 1. The van der Waals surface area contributed by atoms with Crippen LogP contribution in [0.4, 0.5) is 0 Å². The van der Waals surface area contributed by atoms with E-state index in [-0.39, 0.29) is 19.1 Å². The zero-order chi connectivity index (χ0) is 14.8. The quantitative estimate of drug-likeness (QED) is 0.884. The van der Waals surface area contributed by atoms with Crippen LogP contribution in [0.3, 0.4) is 0 Å². The number of ether oxygens (including phenoxy) is 2. The Hall–Kier alpha value is -2.24. The first kappa shape index (κ1) is 13.7. The highest BCUT2D eigenvalue weighted by Crippen LogP contribution is 2.31. The van der Waals surface area contributed by atoms with Crippen molar-refractivity contribution in [3.05, 3.63) is 24.3 Å². The summed E-state index contributed by atoms with van der Waals surface area (Å²) in [6, 6.07) is 7.20. The number of aliphatic carboxylic acids is 1. The van der Waals surface area contributed by atoms with E-state index in [0.717, 1.165) is 0 Å². The van der Waals surface area contributed by atoms with Gasteiger partial charge in [0.15, 0.2) is 11.5 Å². The van der Waals surface area contributed by atoms with Crippen LogP contribution < -0.4 is 9.47 Å². The zero-order valence-electron chi connectivity index (χ0n) is 11.5. The van der Waals surface area contributed by atoms with Crippen LogP contribution in [0.15, 0.2) is 24.3 Å². The minimum atomic E-state index is -0.848. The second-order valence-corrected chi connectivity index (χ2v) is 5.33. The molecule has 2 aliphatic heterocycles. The number of carboxylic acids is 1. The third-order valence-electron chi connectivity index (χ3n) is 3.87. The lowest BCUT2D eigenvalue weighted by Gasteiger charge is -2.34. The van der Waals surface area contributed by atoms with Gasteiger partial charge in [-0.1, -0.05) is 12.1 Å². The van der Waals surface area contributed by atoms with Gasteiger partial charge in [0.25, 0.3) is 5.91 Å². The van der Waals surface area contributed by atoms with Crippen molar-refractivity contribution in [3.8, 4) is 11.5 Å². The molecular weight excluding hydrogens is 274 g/mol. The van der Waals surface area contributed by atoms with Crippen molar-refractivity contribution in [1.29, 1.82) is 0 Å². The van der Waals surface area contributed by atoms with Crippen LogP contribution in [0.5, 0.6) is 11.5 Å². The van der Waals surface area contributed by atoms with Gasteiger partial charge < -0.3 is 19.5 Å². The standard InChI is InChI=1S/C15H17NO5/c17-14(16-7-3-4-10(8-16)15(18)19)13-9-20-11-5-1-2-6-12(11)21-13/h1-2,5-6,10,13H,3-4,7-9H2,(H,18,19)/t10-,13+/m0/s1. The fraction of sp³-hybridized carbons (Fsp3) is 0.467. The molecule has 2 atom stereocenters. The van der Waals surface area contributed by atoms with Crippen molar-refractivity contribution < 1.29 is 24.2 Å². The molecule has 1 amide bonds. The average molecular weight is 291 g/mol. The lowest BCUT2D eigenvalue weighted by Crippen LogP contribution is -2.50. The van der Waals surface area contributed by atoms with Crippen molar-refractivity contribution in [1.82, 2.24) is 4.90 Å². The van der Waals surface area contributed by atoms with Gasteiger partial charge in [-0.15, -0.1) is 0 Å². The monoisotopic (exact) mass is 291 g/mol. The van der Waals surface area contributed by atoms with Crippen molar-refractivity contribution in [2.75, 3.05) is 19.7 Å². The molecule has 1 N–H and O–H groups in total. The third kappa shape index (κ3) is 2.79. The van der Waals surface area contributed by atoms with Crippen molar-refractivity contribution in [2.24, 2.45) is 5.92 Å². The molecule has 1 aromatic rings. The third-order valence-corrected chi connectivity index (χ3v) is 3.87. The number of carboxylic acid groups (broad SMARTS) is 1. The average Bonchev–Trinajstić information content (AvgIpc) is 2.53. The van der Waals surface area contributed by atoms with Gasteiger partial charge in [-0.2, -0.15) is 0 Å². The Morgan fingerprint density at radius 1 is 1.24 bits per heavy atom. The van der Waals surface area contributed by atoms with Crippen LogP contribution in [0.1, 0.15) is 12.8 Å². The maximum atomic E-state index is 12.5. The maximum Gasteiger partial charge on any atom is 0.308 e. The van der Waals surface area contributed by atoms with E-state index in [2.05, 4.69) is 0 Å². The van der Waals surface area contributed by atoms with E-state index < -0.39 is 18.0 Å². The molecular formula is C15H17NO5. The Morgan fingerprint density at radius 3 is 2.76 bits per heavy atom. The number of nitrogens with zero attached hydrogens (tertiary/aromatic N) is 1. The molecule has 6 nitrogen and oxygen atoms in total. The highest BCUT2D eigenvalue weighted by atomic mass is 16.6. The largest absolute Gasteiger partial charge is 0.485 e. The summed E-state index contributed by atoms with van der Waals surface area (Å²) >= 11 is 0. The zero-order valence-corrected chi connectivity index (χ0v) is 11.5. The van der Waals surface area contributed by atoms with Crippen LogP contribution in [-0.2, 0) is 9.59 Å². The lowest BCUT2D eigenvalue weighted by atomic mass is 9.98. The van der Waals surface area contributed by atoms with Gasteiger partial charge >= 0.3 is 5.97 Å². The summed E-state index contributed by atoms with van der Waals surface area (Å²) in [4.78, 5) is 25.1. The van der Waals surface area contributed by atoms with Gasteiger partial charge in [-0.25, -0.2) is 0 Å². The van der Waals surface area contributed by atoms with Crippen LogP contribution in [0, 0.1) is 5.92 Å². The first-order valence-corrected chi connectivity index (χ1v) is 7.05. The molecule has 1 saturated heterocycles. The van der Waals surface area contributed by atoms with E-state index in [0.29, 0.717) is 30.9 Å². The molecule has 0 radical (unpaired) electrons. The number of hydrogen-bond donors (Lipinski definition) is 1. The summed E-state index contributed by atoms with van der Waals surface area (Å²) in [6.45, 7) is 0.976. The Labute approximate surface area is 122 Å². The van der Waals surface area contributed by atoms with E-state index in [1.807, 2.05) is 12.1 Å². The summed E-state index contributed by atoms with van der Waals surface area (Å²) in [6.07, 6.45) is 0.615. The molecule has 0 aromatic heterocycles. The highest BCUT2D eigenvalue weighted by molar-refractivity contribution is 5.83. The molecule has 0 saturated carbocycles. The van der Waals surface area contributed by atoms with Gasteiger partial charge in [0.1, 0.15) is 6.61 Å². The van der Waals surface area contributed by atoms with Crippen molar-refractivity contribution >= 4 is 11.9 Å². The minimum absolute atomic E-state index is 0.157. The number of likely N-dealkylation sites (tertiary alicyclic amines) is 1. The lowest BCUT2D eigenvalue weighted by molar-refractivity contribution is -0.149. The fourth-order valence-corrected chi connectivity index (χ4v) is 2.72. The molecule has 21 heavy (non-hydrogen) atoms. The summed E-state index contributed by atoms with van der Waals surface area (Å²) in [5.74, 6) is -0.355. The van der Waals surface area contributed by atoms with Crippen LogP contribution in [0.25, 0.3) is 0 Å². The van der Waals surface area contributed by atoms with Crippen molar-refractivity contribution in [2.45, 2.75) is 18.9 Å². The summed E-state index contributed by atoms with van der Waals surface area (Å²) in [7, 11) is 0. The number of amides is 1. The SMILES string of the molecule is O=C(O)[C@H]1CCCN(C(=O)[C@H]2COc3ccccc3O2)C1. The molecule has 6 heteroatoms. The smallest absolute Gasteiger partial charge is 0.308 e. The predicted molar refractivity (Wildman–Crippen MR) is 73.3 cm³/mol. The Morgan fingerprint density at radius 2 is 2.00 bits per heavy atom. The number of fused-ring (bicyclic) bond motifs is 1. The second kappa shape index (κ2) is 5.63. The Kier molecular flexibility index (Phi) is 3.68. The Bertz CT molecular complexity index is 559. The molecule has 0 aliphatic carbocycles. The molecule has 0 bridgehead atoms. The number of rotatable bonds is 2. The number of carbonyl (C=O) groups excluding carboxylic acids is 1. The van der Waals surface area contributed by atoms with Crippen molar-refractivity contribution in [3.63, 3.8) is 0 Å². The van der Waals surface area contributed by atoms with Crippen LogP contribution in [-0.4, -0.2) is 47.7 Å². The Balaban J connectivity index is 1.67. The number of benzene rings is 1.